The second-order valence-electron chi connectivity index (χ2n) is 18.2. The van der Waals surface area contributed by atoms with Gasteiger partial charge >= 0.3 is 5.97 Å². The van der Waals surface area contributed by atoms with E-state index >= 15 is 0 Å². The van der Waals surface area contributed by atoms with Crippen LogP contribution in [0.1, 0.15) is 141 Å². The van der Waals surface area contributed by atoms with Gasteiger partial charge in [0, 0.05) is 106 Å². The number of imide groups is 2. The standard InChI is InChI=1S/C21H26N2O6.C18H16N2O4S2.C6H12O.C6H14/c1-16-6-7-19(26)22(16)12-10-17(24)4-2-14-29-15-3-5-18(25)11-13-23-20(27)8-9-21(23)28;1-12(25-26-15-4-2-3-11-19-15)13-5-7-14(8-6-13)18(23)24-20-16(21)9-10-17(20)22;1-5(7)6(2,3)4;1-5-6(2,3)4/h6-9H,1-5,10-15H2;2-8,11-12H,9-10H2,1H3;1-4H3;5H2,1-4H3. The van der Waals surface area contributed by atoms with E-state index in [0.717, 1.165) is 15.5 Å². The van der Waals surface area contributed by atoms with Crippen LogP contribution in [0.4, 0.5) is 0 Å². The Labute approximate surface area is 409 Å². The molecule has 1 aromatic carbocycles. The van der Waals surface area contributed by atoms with Crippen molar-refractivity contribution < 1.29 is 52.7 Å². The van der Waals surface area contributed by atoms with E-state index in [-0.39, 0.29) is 77.1 Å². The second-order valence-corrected chi connectivity index (χ2v) is 20.7. The normalized spacial score (nSPS) is 14.8. The number of ketones is 3. The third kappa shape index (κ3) is 22.5. The van der Waals surface area contributed by atoms with Crippen LogP contribution in [0.25, 0.3) is 0 Å². The molecule has 3 aliphatic rings. The molecule has 68 heavy (non-hydrogen) atoms. The first-order valence-corrected chi connectivity index (χ1v) is 24.9. The number of ether oxygens (including phenoxy) is 1. The summed E-state index contributed by atoms with van der Waals surface area (Å²) in [4.78, 5) is 115. The summed E-state index contributed by atoms with van der Waals surface area (Å²) in [5.74, 6) is -2.32. The van der Waals surface area contributed by atoms with Crippen LogP contribution >= 0.6 is 21.6 Å². The van der Waals surface area contributed by atoms with Crippen LogP contribution in [-0.2, 0) is 47.9 Å². The summed E-state index contributed by atoms with van der Waals surface area (Å²) in [5, 5.41) is 1.68. The minimum Gasteiger partial charge on any atom is -0.381 e. The van der Waals surface area contributed by atoms with Crippen LogP contribution in [0.15, 0.2) is 90.3 Å². The number of benzene rings is 1. The first-order valence-electron chi connectivity index (χ1n) is 22.7. The Bertz CT molecular complexity index is 2030. The van der Waals surface area contributed by atoms with Crippen molar-refractivity contribution in [3.63, 3.8) is 0 Å². The molecule has 0 radical (unpaired) electrons. The SMILES string of the molecule is C=C1C=CC(=O)N1CCC(=O)CCCOCCCC(=O)CCN1C(=O)C=CC1=O.CC(=O)C(C)(C)C.CC(SSc1ccccn1)c1ccc(C(=O)ON2C(=O)CCC2=O)cc1.CCC(C)(C)C. The average Bonchev–Trinajstić information content (AvgIpc) is 3.92. The quantitative estimate of drug-likeness (QED) is 0.0692. The van der Waals surface area contributed by atoms with Crippen molar-refractivity contribution in [1.82, 2.24) is 19.8 Å². The van der Waals surface area contributed by atoms with Crippen molar-refractivity contribution in [3.05, 3.63) is 96.4 Å². The topological polar surface area (TPSA) is 195 Å². The molecule has 370 valence electrons. The Kier molecular flexibility index (Phi) is 25.3. The summed E-state index contributed by atoms with van der Waals surface area (Å²) in [6.07, 6.45) is 10.9. The number of hydrogen-bond donors (Lipinski definition) is 0. The third-order valence-corrected chi connectivity index (χ3v) is 13.2. The zero-order chi connectivity index (χ0) is 51.0. The lowest BCUT2D eigenvalue weighted by atomic mass is 9.92. The van der Waals surface area contributed by atoms with Gasteiger partial charge in [-0.1, -0.05) is 90.5 Å². The van der Waals surface area contributed by atoms with E-state index in [1.54, 1.807) is 52.9 Å². The van der Waals surface area contributed by atoms with E-state index in [1.807, 2.05) is 51.1 Å². The maximum Gasteiger partial charge on any atom is 0.363 e. The number of Topliss-reactive ketones (excluding diaryl/α,β-unsaturated/α-hetero) is 3. The highest BCUT2D eigenvalue weighted by molar-refractivity contribution is 8.76. The molecule has 17 heteroatoms. The maximum atomic E-state index is 12.1. The molecule has 1 unspecified atom stereocenters. The first-order chi connectivity index (χ1) is 31.9. The molecule has 1 atom stereocenters. The molecule has 15 nitrogen and oxygen atoms in total. The molecule has 0 aliphatic carbocycles. The summed E-state index contributed by atoms with van der Waals surface area (Å²) >= 11 is 0. The van der Waals surface area contributed by atoms with Gasteiger partial charge in [0.1, 0.15) is 22.4 Å². The number of carbonyl (C=O) groups is 9. The van der Waals surface area contributed by atoms with E-state index in [0.29, 0.717) is 68.0 Å². The Morgan fingerprint density at radius 3 is 1.66 bits per heavy atom. The molecule has 1 saturated heterocycles. The number of pyridine rings is 1. The molecule has 0 spiro atoms. The van der Waals surface area contributed by atoms with Crippen molar-refractivity contribution in [2.24, 2.45) is 10.8 Å². The Balaban J connectivity index is 0.000000371. The summed E-state index contributed by atoms with van der Waals surface area (Å²) in [6.45, 7) is 23.4. The number of rotatable bonds is 20. The van der Waals surface area contributed by atoms with E-state index < -0.39 is 17.8 Å². The fraction of sp³-hybridized carbons (Fsp3) is 0.490. The molecule has 2 aromatic rings. The number of allylic oxidation sites excluding steroid dienone is 1. The lowest BCUT2D eigenvalue weighted by Gasteiger charge is -2.16. The van der Waals surface area contributed by atoms with Crippen molar-refractivity contribution in [2.75, 3.05) is 26.3 Å². The van der Waals surface area contributed by atoms with E-state index in [1.165, 1.54) is 29.5 Å². The van der Waals surface area contributed by atoms with E-state index in [2.05, 4.69) is 46.2 Å². The smallest absolute Gasteiger partial charge is 0.363 e. The first kappa shape index (κ1) is 58.6. The minimum atomic E-state index is -0.719. The van der Waals surface area contributed by atoms with Crippen molar-refractivity contribution >= 4 is 74.4 Å². The lowest BCUT2D eigenvalue weighted by molar-refractivity contribution is -0.172. The van der Waals surface area contributed by atoms with Crippen LogP contribution in [0.3, 0.4) is 0 Å². The van der Waals surface area contributed by atoms with Crippen molar-refractivity contribution in [2.45, 2.75) is 130 Å². The summed E-state index contributed by atoms with van der Waals surface area (Å²) in [7, 11) is 3.25. The maximum absolute atomic E-state index is 12.1. The summed E-state index contributed by atoms with van der Waals surface area (Å²) in [6, 6.07) is 12.7. The van der Waals surface area contributed by atoms with Crippen molar-refractivity contribution in [3.8, 4) is 0 Å². The number of aromatic nitrogens is 1. The van der Waals surface area contributed by atoms with Crippen molar-refractivity contribution in [1.29, 1.82) is 0 Å². The number of carbonyl (C=O) groups excluding carboxylic acids is 9. The van der Waals surface area contributed by atoms with Gasteiger partial charge in [-0.2, -0.15) is 0 Å². The van der Waals surface area contributed by atoms with Gasteiger partial charge < -0.3 is 14.5 Å². The summed E-state index contributed by atoms with van der Waals surface area (Å²) in [5.41, 5.74) is 2.34. The largest absolute Gasteiger partial charge is 0.381 e. The number of hydrogen-bond acceptors (Lipinski definition) is 14. The molecule has 0 N–H and O–H groups in total. The third-order valence-electron chi connectivity index (χ3n) is 10.5. The van der Waals surface area contributed by atoms with Crippen LogP contribution in [0, 0.1) is 10.8 Å². The highest BCUT2D eigenvalue weighted by Crippen LogP contribution is 2.41. The van der Waals surface area contributed by atoms with Gasteiger partial charge in [-0.3, -0.25) is 43.3 Å². The van der Waals surface area contributed by atoms with Crippen LogP contribution in [0.5, 0.6) is 0 Å². The molecule has 0 saturated carbocycles. The second kappa shape index (κ2) is 29.4. The highest BCUT2D eigenvalue weighted by atomic mass is 33.1. The molecule has 0 bridgehead atoms. The summed E-state index contributed by atoms with van der Waals surface area (Å²) < 4.78 is 5.44. The fourth-order valence-corrected chi connectivity index (χ4v) is 7.33. The van der Waals surface area contributed by atoms with Gasteiger partial charge in [0.25, 0.3) is 29.5 Å². The molecule has 5 amide bonds. The van der Waals surface area contributed by atoms with Gasteiger partial charge in [0.2, 0.25) is 0 Å². The van der Waals surface area contributed by atoms with Gasteiger partial charge in [-0.25, -0.2) is 9.78 Å². The predicted octanol–water partition coefficient (Wildman–Crippen LogP) is 9.19. The number of hydroxylamine groups is 2. The number of amides is 5. The molecular formula is C51H68N4O11S2. The predicted molar refractivity (Wildman–Crippen MR) is 263 cm³/mol. The monoisotopic (exact) mass is 976 g/mol. The zero-order valence-corrected chi connectivity index (χ0v) is 42.6. The van der Waals surface area contributed by atoms with Gasteiger partial charge in [0.05, 0.1) is 5.56 Å². The van der Waals surface area contributed by atoms with Crippen LogP contribution in [0.2, 0.25) is 0 Å². The van der Waals surface area contributed by atoms with Crippen LogP contribution < -0.4 is 0 Å². The molecule has 1 aromatic heterocycles. The van der Waals surface area contributed by atoms with Gasteiger partial charge in [0.15, 0.2) is 0 Å². The van der Waals surface area contributed by atoms with Gasteiger partial charge in [-0.15, -0.1) is 5.06 Å². The average molecular weight is 977 g/mol. The van der Waals surface area contributed by atoms with Gasteiger partial charge in [-0.05, 0) is 78.8 Å². The molecular weight excluding hydrogens is 909 g/mol. The van der Waals surface area contributed by atoms with Crippen LogP contribution in [-0.4, -0.2) is 99.0 Å². The minimum absolute atomic E-state index is 0.0242. The van der Waals surface area contributed by atoms with E-state index in [4.69, 9.17) is 9.57 Å². The number of nitrogens with zero attached hydrogens (tertiary/aromatic N) is 4. The molecule has 1 fully saturated rings. The fourth-order valence-electron chi connectivity index (χ4n) is 5.22. The zero-order valence-electron chi connectivity index (χ0n) is 41.0. The molecule has 3 aliphatic heterocycles. The molecule has 5 rings (SSSR count). The Hall–Kier alpha value is -5.52. The Morgan fingerprint density at radius 2 is 1.22 bits per heavy atom. The Morgan fingerprint density at radius 1 is 0.735 bits per heavy atom. The van der Waals surface area contributed by atoms with E-state index in [9.17, 15) is 43.2 Å². The highest BCUT2D eigenvalue weighted by Gasteiger charge is 2.33. The lowest BCUT2D eigenvalue weighted by Crippen LogP contribution is -2.32. The molecule has 4 heterocycles.